The Bertz CT molecular complexity index is 106. The molecule has 0 heterocycles. The van der Waals surface area contributed by atoms with E-state index in [0.717, 1.165) is 13.1 Å². The molecule has 0 aromatic rings. The Labute approximate surface area is 67.7 Å². The molecule has 0 aliphatic heterocycles. The summed E-state index contributed by atoms with van der Waals surface area (Å²) in [5, 5.41) is 8.45. The van der Waals surface area contributed by atoms with Gasteiger partial charge in [0, 0.05) is 19.6 Å². The highest BCUT2D eigenvalue weighted by Crippen LogP contribution is 1.63. The van der Waals surface area contributed by atoms with E-state index in [0.29, 0.717) is 13.1 Å². The minimum atomic E-state index is -0.0922. The van der Waals surface area contributed by atoms with Gasteiger partial charge in [-0.1, -0.05) is 6.92 Å². The summed E-state index contributed by atoms with van der Waals surface area (Å²) in [5.41, 5.74) is 0. The fourth-order valence-electron chi connectivity index (χ4n) is 0.664. The molecule has 66 valence electrons. The first-order chi connectivity index (χ1) is 5.31. The molecule has 3 N–H and O–H groups in total. The largest absolute Gasteiger partial charge is 0.338 e. The van der Waals surface area contributed by atoms with Crippen molar-refractivity contribution in [2.75, 3.05) is 26.2 Å². The summed E-state index contributed by atoms with van der Waals surface area (Å²) in [6.45, 7) is 7.05. The van der Waals surface area contributed by atoms with Crippen LogP contribution in [0.1, 0.15) is 13.8 Å². The van der Waals surface area contributed by atoms with Gasteiger partial charge in [0.1, 0.15) is 0 Å². The minimum Gasteiger partial charge on any atom is -0.338 e. The number of hydrogen-bond acceptors (Lipinski definition) is 2. The lowest BCUT2D eigenvalue weighted by molar-refractivity contribution is 0.241. The van der Waals surface area contributed by atoms with Crippen LogP contribution in [0.4, 0.5) is 4.79 Å². The molecule has 11 heavy (non-hydrogen) atoms. The number of likely N-dealkylation sites (N-methyl/N-ethyl adjacent to an activating group) is 1. The molecule has 4 heteroatoms. The number of urea groups is 1. The van der Waals surface area contributed by atoms with Crippen molar-refractivity contribution in [2.24, 2.45) is 0 Å². The molecule has 0 unspecified atom stereocenters. The first-order valence-corrected chi connectivity index (χ1v) is 4.03. The van der Waals surface area contributed by atoms with E-state index in [1.165, 1.54) is 0 Å². The van der Waals surface area contributed by atoms with Crippen molar-refractivity contribution in [1.29, 1.82) is 0 Å². The number of carbonyl (C=O) groups is 1. The van der Waals surface area contributed by atoms with E-state index in [2.05, 4.69) is 16.0 Å². The number of rotatable bonds is 5. The van der Waals surface area contributed by atoms with Gasteiger partial charge in [0.2, 0.25) is 0 Å². The maximum atomic E-state index is 10.8. The normalized spacial score (nSPS) is 9.27. The molecule has 0 aliphatic carbocycles. The van der Waals surface area contributed by atoms with Crippen LogP contribution in [0.15, 0.2) is 0 Å². The Morgan fingerprint density at radius 3 is 2.36 bits per heavy atom. The molecule has 4 nitrogen and oxygen atoms in total. The highest BCUT2D eigenvalue weighted by molar-refractivity contribution is 5.73. The van der Waals surface area contributed by atoms with Gasteiger partial charge in [-0.3, -0.25) is 0 Å². The third-order valence-corrected chi connectivity index (χ3v) is 1.17. The molecule has 0 rings (SSSR count). The van der Waals surface area contributed by atoms with Crippen LogP contribution in [0.5, 0.6) is 0 Å². The molecule has 0 aromatic heterocycles. The zero-order valence-electron chi connectivity index (χ0n) is 7.24. The van der Waals surface area contributed by atoms with Crippen molar-refractivity contribution in [1.82, 2.24) is 16.0 Å². The second kappa shape index (κ2) is 7.34. The number of hydrogen-bond donors (Lipinski definition) is 3. The standard InChI is InChI=1S/C7H17N3O/c1-3-8-5-6-10-7(11)9-4-2/h8H,3-6H2,1-2H3,(H2,9,10,11). The predicted molar refractivity (Wildman–Crippen MR) is 45.6 cm³/mol. The summed E-state index contributed by atoms with van der Waals surface area (Å²) < 4.78 is 0. The van der Waals surface area contributed by atoms with Crippen LogP contribution in [0.25, 0.3) is 0 Å². The van der Waals surface area contributed by atoms with Crippen LogP contribution in [-0.4, -0.2) is 32.2 Å². The smallest absolute Gasteiger partial charge is 0.314 e. The quantitative estimate of drug-likeness (QED) is 0.491. The Hall–Kier alpha value is -0.770. The monoisotopic (exact) mass is 159 g/mol. The molecule has 0 radical (unpaired) electrons. The summed E-state index contributed by atoms with van der Waals surface area (Å²) in [6, 6.07) is -0.0922. The van der Waals surface area contributed by atoms with Crippen molar-refractivity contribution >= 4 is 6.03 Å². The summed E-state index contributed by atoms with van der Waals surface area (Å²) in [6.07, 6.45) is 0. The first-order valence-electron chi connectivity index (χ1n) is 4.03. The predicted octanol–water partition coefficient (Wildman–Crippen LogP) is -0.0850. The number of carbonyl (C=O) groups excluding carboxylic acids is 1. The van der Waals surface area contributed by atoms with Gasteiger partial charge in [-0.15, -0.1) is 0 Å². The van der Waals surface area contributed by atoms with E-state index in [9.17, 15) is 4.79 Å². The lowest BCUT2D eigenvalue weighted by Crippen LogP contribution is -2.38. The summed E-state index contributed by atoms with van der Waals surface area (Å²) >= 11 is 0. The summed E-state index contributed by atoms with van der Waals surface area (Å²) in [4.78, 5) is 10.8. The van der Waals surface area contributed by atoms with Crippen molar-refractivity contribution in [3.8, 4) is 0 Å². The van der Waals surface area contributed by atoms with Crippen LogP contribution in [-0.2, 0) is 0 Å². The second-order valence-electron chi connectivity index (χ2n) is 2.14. The Balaban J connectivity index is 3.04. The third-order valence-electron chi connectivity index (χ3n) is 1.17. The van der Waals surface area contributed by atoms with E-state index >= 15 is 0 Å². The third kappa shape index (κ3) is 7.12. The molecule has 2 amide bonds. The van der Waals surface area contributed by atoms with Crippen molar-refractivity contribution in [3.63, 3.8) is 0 Å². The van der Waals surface area contributed by atoms with E-state index in [1.54, 1.807) is 0 Å². The maximum Gasteiger partial charge on any atom is 0.314 e. The van der Waals surface area contributed by atoms with Gasteiger partial charge in [-0.25, -0.2) is 4.79 Å². The molecule has 0 bridgehead atoms. The van der Waals surface area contributed by atoms with E-state index < -0.39 is 0 Å². The molecule has 0 atom stereocenters. The van der Waals surface area contributed by atoms with E-state index in [-0.39, 0.29) is 6.03 Å². The van der Waals surface area contributed by atoms with Crippen LogP contribution in [0.2, 0.25) is 0 Å². The fraction of sp³-hybridized carbons (Fsp3) is 0.857. The van der Waals surface area contributed by atoms with Crippen LogP contribution in [0.3, 0.4) is 0 Å². The lowest BCUT2D eigenvalue weighted by Gasteiger charge is -2.05. The fourth-order valence-corrected chi connectivity index (χ4v) is 0.664. The van der Waals surface area contributed by atoms with Crippen LogP contribution >= 0.6 is 0 Å². The van der Waals surface area contributed by atoms with Crippen molar-refractivity contribution < 1.29 is 4.79 Å². The molecule has 0 aliphatic rings. The number of amides is 2. The molecule has 0 aromatic carbocycles. The highest BCUT2D eigenvalue weighted by atomic mass is 16.2. The zero-order valence-corrected chi connectivity index (χ0v) is 7.24. The van der Waals surface area contributed by atoms with Crippen LogP contribution in [0, 0.1) is 0 Å². The first kappa shape index (κ1) is 10.2. The zero-order chi connectivity index (χ0) is 8.53. The molecule has 0 spiro atoms. The van der Waals surface area contributed by atoms with Gasteiger partial charge in [0.15, 0.2) is 0 Å². The van der Waals surface area contributed by atoms with Gasteiger partial charge < -0.3 is 16.0 Å². The van der Waals surface area contributed by atoms with Gasteiger partial charge in [-0.05, 0) is 13.5 Å². The molecular formula is C7H17N3O. The van der Waals surface area contributed by atoms with Gasteiger partial charge >= 0.3 is 6.03 Å². The molecule has 0 saturated heterocycles. The van der Waals surface area contributed by atoms with Gasteiger partial charge in [-0.2, -0.15) is 0 Å². The number of nitrogens with one attached hydrogen (secondary N) is 3. The van der Waals surface area contributed by atoms with Crippen molar-refractivity contribution in [2.45, 2.75) is 13.8 Å². The lowest BCUT2D eigenvalue weighted by atomic mass is 10.6. The van der Waals surface area contributed by atoms with E-state index in [1.807, 2.05) is 13.8 Å². The Morgan fingerprint density at radius 2 is 1.82 bits per heavy atom. The molecular weight excluding hydrogens is 142 g/mol. The van der Waals surface area contributed by atoms with Gasteiger partial charge in [0.25, 0.3) is 0 Å². The van der Waals surface area contributed by atoms with E-state index in [4.69, 9.17) is 0 Å². The van der Waals surface area contributed by atoms with Crippen molar-refractivity contribution in [3.05, 3.63) is 0 Å². The Kier molecular flexibility index (Phi) is 6.82. The summed E-state index contributed by atoms with van der Waals surface area (Å²) in [7, 11) is 0. The Morgan fingerprint density at radius 1 is 1.09 bits per heavy atom. The topological polar surface area (TPSA) is 53.2 Å². The van der Waals surface area contributed by atoms with Gasteiger partial charge in [0.05, 0.1) is 0 Å². The maximum absolute atomic E-state index is 10.8. The highest BCUT2D eigenvalue weighted by Gasteiger charge is 1.93. The molecule has 0 saturated carbocycles. The average molecular weight is 159 g/mol. The van der Waals surface area contributed by atoms with Crippen LogP contribution < -0.4 is 16.0 Å². The SMILES string of the molecule is CCNCCNC(=O)NCC. The summed E-state index contributed by atoms with van der Waals surface area (Å²) in [5.74, 6) is 0. The average Bonchev–Trinajstić information content (AvgIpc) is 1.99. The minimum absolute atomic E-state index is 0.0922. The second-order valence-corrected chi connectivity index (χ2v) is 2.14. The molecule has 0 fully saturated rings.